The van der Waals surface area contributed by atoms with Gasteiger partial charge in [-0.15, -0.1) is 0 Å². The average molecular weight is 156 g/mol. The number of hydrogen-bond donors (Lipinski definition) is 0. The number of carbonyl (C=O) groups excluding carboxylic acids is 1. The fourth-order valence-electron chi connectivity index (χ4n) is 0.664. The third-order valence-electron chi connectivity index (χ3n) is 1.08. The molecule has 52 valence electrons. The maximum atomic E-state index is 10.0. The Morgan fingerprint density at radius 2 is 2.40 bits per heavy atom. The van der Waals surface area contributed by atoms with Crippen LogP contribution in [0.2, 0.25) is 5.02 Å². The first kappa shape index (κ1) is 7.22. The van der Waals surface area contributed by atoms with Crippen molar-refractivity contribution in [3.05, 3.63) is 29.0 Å². The molecule has 0 spiro atoms. The number of hydrogen-bond acceptors (Lipinski definition) is 2. The minimum absolute atomic E-state index is 0.382. The minimum Gasteiger partial charge on any atom is -0.303 e. The third-order valence-corrected chi connectivity index (χ3v) is 1.29. The summed E-state index contributed by atoms with van der Waals surface area (Å²) < 4.78 is 0. The summed E-state index contributed by atoms with van der Waals surface area (Å²) in [6, 6.07) is 1.73. The molecule has 0 aliphatic heterocycles. The molecular formula is C7H6ClNO. The van der Waals surface area contributed by atoms with Gasteiger partial charge in [0.05, 0.1) is 5.02 Å². The van der Waals surface area contributed by atoms with Gasteiger partial charge in [0.15, 0.2) is 0 Å². The van der Waals surface area contributed by atoms with Gasteiger partial charge in [0.2, 0.25) is 0 Å². The lowest BCUT2D eigenvalue weighted by molar-refractivity contribution is -0.107. The van der Waals surface area contributed by atoms with E-state index >= 15 is 0 Å². The fourth-order valence-corrected chi connectivity index (χ4v) is 0.860. The molecule has 1 aromatic rings. The van der Waals surface area contributed by atoms with E-state index in [4.69, 9.17) is 11.6 Å². The van der Waals surface area contributed by atoms with Crippen LogP contribution in [0.1, 0.15) is 5.56 Å². The number of pyridine rings is 1. The van der Waals surface area contributed by atoms with Crippen LogP contribution >= 0.6 is 11.6 Å². The molecule has 0 aliphatic carbocycles. The predicted octanol–water partition coefficient (Wildman–Crippen LogP) is 1.48. The maximum absolute atomic E-state index is 10.0. The Morgan fingerprint density at radius 1 is 1.60 bits per heavy atom. The summed E-state index contributed by atoms with van der Waals surface area (Å²) in [5.74, 6) is 0. The monoisotopic (exact) mass is 155 g/mol. The SMILES string of the molecule is O=CCc1cncc(Cl)c1. The summed E-state index contributed by atoms with van der Waals surface area (Å²) in [4.78, 5) is 13.8. The van der Waals surface area contributed by atoms with E-state index in [0.717, 1.165) is 11.8 Å². The van der Waals surface area contributed by atoms with Crippen molar-refractivity contribution in [2.45, 2.75) is 6.42 Å². The molecule has 0 saturated heterocycles. The van der Waals surface area contributed by atoms with Crippen LogP contribution in [0, 0.1) is 0 Å². The summed E-state index contributed by atoms with van der Waals surface area (Å²) in [5.41, 5.74) is 0.850. The highest BCUT2D eigenvalue weighted by Gasteiger charge is 1.91. The van der Waals surface area contributed by atoms with Crippen LogP contribution in [-0.4, -0.2) is 11.3 Å². The van der Waals surface area contributed by atoms with Gasteiger partial charge >= 0.3 is 0 Å². The van der Waals surface area contributed by atoms with Gasteiger partial charge in [-0.05, 0) is 11.6 Å². The van der Waals surface area contributed by atoms with Crippen LogP contribution in [0.3, 0.4) is 0 Å². The topological polar surface area (TPSA) is 30.0 Å². The summed E-state index contributed by atoms with van der Waals surface area (Å²) in [6.07, 6.45) is 4.37. The van der Waals surface area contributed by atoms with Gasteiger partial charge < -0.3 is 4.79 Å². The highest BCUT2D eigenvalue weighted by Crippen LogP contribution is 2.07. The first-order valence-corrected chi connectivity index (χ1v) is 3.24. The van der Waals surface area contributed by atoms with Gasteiger partial charge in [-0.2, -0.15) is 0 Å². The van der Waals surface area contributed by atoms with E-state index in [2.05, 4.69) is 4.98 Å². The van der Waals surface area contributed by atoms with E-state index in [1.54, 1.807) is 12.3 Å². The number of carbonyl (C=O) groups is 1. The van der Waals surface area contributed by atoms with Gasteiger partial charge in [0.25, 0.3) is 0 Å². The Labute approximate surface area is 63.8 Å². The lowest BCUT2D eigenvalue weighted by Gasteiger charge is -1.92. The summed E-state index contributed by atoms with van der Waals surface area (Å²) >= 11 is 5.60. The molecule has 1 aromatic heterocycles. The molecule has 10 heavy (non-hydrogen) atoms. The molecule has 0 radical (unpaired) electrons. The lowest BCUT2D eigenvalue weighted by Crippen LogP contribution is -1.85. The van der Waals surface area contributed by atoms with Gasteiger partial charge in [-0.3, -0.25) is 4.98 Å². The van der Waals surface area contributed by atoms with E-state index in [0.29, 0.717) is 11.4 Å². The van der Waals surface area contributed by atoms with E-state index < -0.39 is 0 Å². The Hall–Kier alpha value is -0.890. The molecule has 0 bridgehead atoms. The van der Waals surface area contributed by atoms with E-state index in [-0.39, 0.29) is 0 Å². The average Bonchev–Trinajstić information content (AvgIpc) is 1.88. The van der Waals surface area contributed by atoms with Crippen LogP contribution in [0.25, 0.3) is 0 Å². The second-order valence-corrected chi connectivity index (χ2v) is 2.32. The van der Waals surface area contributed by atoms with Crippen molar-refractivity contribution in [3.63, 3.8) is 0 Å². The van der Waals surface area contributed by atoms with Crippen molar-refractivity contribution in [3.8, 4) is 0 Å². The Bertz CT molecular complexity index is 237. The second-order valence-electron chi connectivity index (χ2n) is 1.88. The Kier molecular flexibility index (Phi) is 2.40. The first-order valence-electron chi connectivity index (χ1n) is 2.86. The molecule has 0 aromatic carbocycles. The molecule has 0 aliphatic rings. The summed E-state index contributed by atoms with van der Waals surface area (Å²) in [5, 5.41) is 0.569. The van der Waals surface area contributed by atoms with Crippen molar-refractivity contribution < 1.29 is 4.79 Å². The maximum Gasteiger partial charge on any atom is 0.124 e. The van der Waals surface area contributed by atoms with Crippen LogP contribution in [0.15, 0.2) is 18.5 Å². The third kappa shape index (κ3) is 1.81. The van der Waals surface area contributed by atoms with Crippen LogP contribution in [0.5, 0.6) is 0 Å². The summed E-state index contributed by atoms with van der Waals surface area (Å²) in [7, 11) is 0. The zero-order valence-corrected chi connectivity index (χ0v) is 6.01. The molecule has 0 amide bonds. The number of aromatic nitrogens is 1. The van der Waals surface area contributed by atoms with Crippen molar-refractivity contribution in [2.75, 3.05) is 0 Å². The largest absolute Gasteiger partial charge is 0.303 e. The molecule has 0 unspecified atom stereocenters. The highest BCUT2D eigenvalue weighted by atomic mass is 35.5. The normalized spacial score (nSPS) is 9.30. The smallest absolute Gasteiger partial charge is 0.124 e. The van der Waals surface area contributed by atoms with Gasteiger partial charge in [0.1, 0.15) is 6.29 Å². The standard InChI is InChI=1S/C7H6ClNO/c8-7-3-6(1-2-10)4-9-5-7/h2-5H,1H2. The predicted molar refractivity (Wildman–Crippen MR) is 39.0 cm³/mol. The number of nitrogens with zero attached hydrogens (tertiary/aromatic N) is 1. The van der Waals surface area contributed by atoms with Crippen molar-refractivity contribution in [1.82, 2.24) is 4.98 Å². The molecule has 0 N–H and O–H groups in total. The summed E-state index contributed by atoms with van der Waals surface area (Å²) in [6.45, 7) is 0. The number of aldehydes is 1. The van der Waals surface area contributed by atoms with Gasteiger partial charge in [0, 0.05) is 18.8 Å². The van der Waals surface area contributed by atoms with Gasteiger partial charge in [-0.25, -0.2) is 0 Å². The lowest BCUT2D eigenvalue weighted by atomic mass is 10.2. The molecule has 2 nitrogen and oxygen atoms in total. The molecular weight excluding hydrogens is 150 g/mol. The number of rotatable bonds is 2. The quantitative estimate of drug-likeness (QED) is 0.606. The Balaban J connectivity index is 2.84. The molecule has 1 rings (SSSR count). The molecule has 0 saturated carbocycles. The molecule has 1 heterocycles. The Morgan fingerprint density at radius 3 is 3.00 bits per heavy atom. The van der Waals surface area contributed by atoms with Gasteiger partial charge in [-0.1, -0.05) is 11.6 Å². The van der Waals surface area contributed by atoms with E-state index in [9.17, 15) is 4.79 Å². The van der Waals surface area contributed by atoms with Crippen molar-refractivity contribution in [2.24, 2.45) is 0 Å². The fraction of sp³-hybridized carbons (Fsp3) is 0.143. The zero-order chi connectivity index (χ0) is 7.40. The number of halogens is 1. The zero-order valence-electron chi connectivity index (χ0n) is 5.25. The second kappa shape index (κ2) is 3.32. The van der Waals surface area contributed by atoms with Crippen molar-refractivity contribution >= 4 is 17.9 Å². The van der Waals surface area contributed by atoms with Crippen LogP contribution in [0.4, 0.5) is 0 Å². The first-order chi connectivity index (χ1) is 4.83. The van der Waals surface area contributed by atoms with Crippen molar-refractivity contribution in [1.29, 1.82) is 0 Å². The minimum atomic E-state index is 0.382. The van der Waals surface area contributed by atoms with E-state index in [1.807, 2.05) is 0 Å². The molecule has 0 atom stereocenters. The highest BCUT2D eigenvalue weighted by molar-refractivity contribution is 6.30. The van der Waals surface area contributed by atoms with E-state index in [1.165, 1.54) is 6.20 Å². The molecule has 3 heteroatoms. The van der Waals surface area contributed by atoms with Crippen LogP contribution in [-0.2, 0) is 11.2 Å². The van der Waals surface area contributed by atoms with Crippen LogP contribution < -0.4 is 0 Å². The molecule has 0 fully saturated rings.